The Morgan fingerprint density at radius 3 is 2.26 bits per heavy atom. The largest absolute Gasteiger partial charge is 0.468 e. The average molecular weight is 263 g/mol. The summed E-state index contributed by atoms with van der Waals surface area (Å²) in [5.41, 5.74) is 2.52. The zero-order chi connectivity index (χ0) is 14.3. The highest BCUT2D eigenvalue weighted by Crippen LogP contribution is 2.11. The van der Waals surface area contributed by atoms with Gasteiger partial charge in [0.2, 0.25) is 0 Å². The summed E-state index contributed by atoms with van der Waals surface area (Å²) in [4.78, 5) is 11.7. The molecule has 2 atom stereocenters. The number of aryl methyl sites for hydroxylation is 1. The van der Waals surface area contributed by atoms with Crippen molar-refractivity contribution >= 4 is 5.97 Å². The Kier molecular flexibility index (Phi) is 6.57. The Bertz CT molecular complexity index is 386. The molecular weight excluding hydrogens is 238 g/mol. The summed E-state index contributed by atoms with van der Waals surface area (Å²) in [6.45, 7) is 6.98. The molecule has 0 fully saturated rings. The highest BCUT2D eigenvalue weighted by Gasteiger charge is 2.23. The van der Waals surface area contributed by atoms with E-state index < -0.39 is 0 Å². The number of esters is 1. The number of hydrogen-bond acceptors (Lipinski definition) is 3. The van der Waals surface area contributed by atoms with Gasteiger partial charge >= 0.3 is 5.97 Å². The number of nitrogens with one attached hydrogen (secondary N) is 1. The minimum Gasteiger partial charge on any atom is -0.468 e. The zero-order valence-corrected chi connectivity index (χ0v) is 12.4. The van der Waals surface area contributed by atoms with Gasteiger partial charge in [-0.3, -0.25) is 4.79 Å². The molecule has 3 heteroatoms. The number of rotatable bonds is 7. The lowest BCUT2D eigenvalue weighted by Crippen LogP contribution is -2.42. The molecule has 0 aliphatic rings. The summed E-state index contributed by atoms with van der Waals surface area (Å²) in [7, 11) is 1.44. The molecule has 19 heavy (non-hydrogen) atoms. The number of ether oxygens (including phenoxy) is 1. The molecule has 0 bridgehead atoms. The van der Waals surface area contributed by atoms with Crippen molar-refractivity contribution in [3.8, 4) is 0 Å². The standard InChI is InChI=1S/C16H25NO2/c1-5-12(3)15(16(18)19-4)17-11-14-9-7-13(6-2)8-10-14/h7-10,12,15,17H,5-6,11H2,1-4H3. The fourth-order valence-corrected chi connectivity index (χ4v) is 2.00. The van der Waals surface area contributed by atoms with Crippen molar-refractivity contribution in [3.63, 3.8) is 0 Å². The summed E-state index contributed by atoms with van der Waals surface area (Å²) in [6, 6.07) is 8.25. The summed E-state index contributed by atoms with van der Waals surface area (Å²) in [5, 5.41) is 3.30. The van der Waals surface area contributed by atoms with Crippen molar-refractivity contribution in [3.05, 3.63) is 35.4 Å². The lowest BCUT2D eigenvalue weighted by Gasteiger charge is -2.22. The van der Waals surface area contributed by atoms with Crippen LogP contribution in [0.25, 0.3) is 0 Å². The van der Waals surface area contributed by atoms with Crippen LogP contribution < -0.4 is 5.32 Å². The van der Waals surface area contributed by atoms with Gasteiger partial charge in [-0.05, 0) is 23.5 Å². The number of carbonyl (C=O) groups excluding carboxylic acids is 1. The van der Waals surface area contributed by atoms with E-state index in [1.807, 2.05) is 0 Å². The van der Waals surface area contributed by atoms with Gasteiger partial charge in [0.25, 0.3) is 0 Å². The predicted octanol–water partition coefficient (Wildman–Crippen LogP) is 2.93. The molecule has 0 amide bonds. The van der Waals surface area contributed by atoms with Crippen LogP contribution in [0.3, 0.4) is 0 Å². The lowest BCUT2D eigenvalue weighted by molar-refractivity contribution is -0.144. The number of methoxy groups -OCH3 is 1. The minimum atomic E-state index is -0.235. The molecule has 0 spiro atoms. The molecule has 0 saturated carbocycles. The van der Waals surface area contributed by atoms with Gasteiger partial charge in [0, 0.05) is 6.54 Å². The quantitative estimate of drug-likeness (QED) is 0.769. The van der Waals surface area contributed by atoms with Crippen molar-refractivity contribution in [1.29, 1.82) is 0 Å². The van der Waals surface area contributed by atoms with E-state index in [1.165, 1.54) is 18.2 Å². The maximum Gasteiger partial charge on any atom is 0.323 e. The maximum absolute atomic E-state index is 11.7. The molecule has 0 radical (unpaired) electrons. The van der Waals surface area contributed by atoms with E-state index in [9.17, 15) is 4.79 Å². The van der Waals surface area contributed by atoms with Gasteiger partial charge in [-0.25, -0.2) is 0 Å². The molecule has 1 rings (SSSR count). The van der Waals surface area contributed by atoms with Crippen LogP contribution in [0.4, 0.5) is 0 Å². The van der Waals surface area contributed by atoms with Crippen LogP contribution in [0, 0.1) is 5.92 Å². The van der Waals surface area contributed by atoms with Gasteiger partial charge in [-0.15, -0.1) is 0 Å². The van der Waals surface area contributed by atoms with Crippen molar-refractivity contribution in [2.45, 2.75) is 46.2 Å². The fraction of sp³-hybridized carbons (Fsp3) is 0.562. The second-order valence-electron chi connectivity index (χ2n) is 4.94. The molecule has 0 aromatic heterocycles. The van der Waals surface area contributed by atoms with E-state index in [0.717, 1.165) is 12.8 Å². The van der Waals surface area contributed by atoms with E-state index in [0.29, 0.717) is 6.54 Å². The molecule has 0 saturated heterocycles. The molecule has 0 aliphatic carbocycles. The van der Waals surface area contributed by atoms with E-state index in [2.05, 4.69) is 50.4 Å². The van der Waals surface area contributed by atoms with Crippen LogP contribution in [0.5, 0.6) is 0 Å². The first kappa shape index (κ1) is 15.7. The van der Waals surface area contributed by atoms with Crippen molar-refractivity contribution in [2.24, 2.45) is 5.92 Å². The second kappa shape index (κ2) is 7.95. The second-order valence-corrected chi connectivity index (χ2v) is 4.94. The number of carbonyl (C=O) groups is 1. The first-order valence-electron chi connectivity index (χ1n) is 7.01. The molecular formula is C16H25NO2. The number of hydrogen-bond donors (Lipinski definition) is 1. The molecule has 0 aliphatic heterocycles. The third-order valence-corrected chi connectivity index (χ3v) is 3.63. The van der Waals surface area contributed by atoms with Gasteiger partial charge in [-0.2, -0.15) is 0 Å². The van der Waals surface area contributed by atoms with Gasteiger partial charge < -0.3 is 10.1 Å². The Morgan fingerprint density at radius 2 is 1.79 bits per heavy atom. The number of benzene rings is 1. The smallest absolute Gasteiger partial charge is 0.323 e. The Balaban J connectivity index is 2.62. The summed E-state index contributed by atoms with van der Waals surface area (Å²) < 4.78 is 4.86. The molecule has 2 unspecified atom stereocenters. The van der Waals surface area contributed by atoms with Crippen molar-refractivity contribution < 1.29 is 9.53 Å². The first-order valence-corrected chi connectivity index (χ1v) is 7.01. The van der Waals surface area contributed by atoms with Gasteiger partial charge in [-0.1, -0.05) is 51.5 Å². The van der Waals surface area contributed by atoms with Gasteiger partial charge in [0.05, 0.1) is 7.11 Å². The van der Waals surface area contributed by atoms with Crippen LogP contribution >= 0.6 is 0 Å². The molecule has 3 nitrogen and oxygen atoms in total. The highest BCUT2D eigenvalue weighted by molar-refractivity contribution is 5.75. The molecule has 1 N–H and O–H groups in total. The molecule has 1 aromatic rings. The summed E-state index contributed by atoms with van der Waals surface area (Å²) in [6.07, 6.45) is 1.99. The normalized spacial score (nSPS) is 13.9. The van der Waals surface area contributed by atoms with Crippen molar-refractivity contribution in [2.75, 3.05) is 7.11 Å². The van der Waals surface area contributed by atoms with Gasteiger partial charge in [0.15, 0.2) is 0 Å². The fourth-order valence-electron chi connectivity index (χ4n) is 2.00. The third kappa shape index (κ3) is 4.67. The van der Waals surface area contributed by atoms with Crippen LogP contribution in [-0.4, -0.2) is 19.1 Å². The van der Waals surface area contributed by atoms with Crippen LogP contribution in [-0.2, 0) is 22.5 Å². The zero-order valence-electron chi connectivity index (χ0n) is 12.4. The van der Waals surface area contributed by atoms with Crippen molar-refractivity contribution in [1.82, 2.24) is 5.32 Å². The molecule has 0 heterocycles. The first-order chi connectivity index (χ1) is 9.12. The Morgan fingerprint density at radius 1 is 1.21 bits per heavy atom. The predicted molar refractivity (Wildman–Crippen MR) is 77.9 cm³/mol. The molecule has 1 aromatic carbocycles. The Labute approximate surface area is 116 Å². The maximum atomic E-state index is 11.7. The van der Waals surface area contributed by atoms with Gasteiger partial charge in [0.1, 0.15) is 6.04 Å². The van der Waals surface area contributed by atoms with E-state index >= 15 is 0 Å². The Hall–Kier alpha value is -1.35. The minimum absolute atomic E-state index is 0.181. The lowest BCUT2D eigenvalue weighted by atomic mass is 9.99. The van der Waals surface area contributed by atoms with Crippen LogP contribution in [0.15, 0.2) is 24.3 Å². The monoisotopic (exact) mass is 263 g/mol. The summed E-state index contributed by atoms with van der Waals surface area (Å²) >= 11 is 0. The summed E-state index contributed by atoms with van der Waals surface area (Å²) in [5.74, 6) is 0.0851. The molecule has 106 valence electrons. The average Bonchev–Trinajstić information content (AvgIpc) is 2.47. The van der Waals surface area contributed by atoms with E-state index in [4.69, 9.17) is 4.74 Å². The third-order valence-electron chi connectivity index (χ3n) is 3.63. The van der Waals surface area contributed by atoms with E-state index in [-0.39, 0.29) is 17.9 Å². The highest BCUT2D eigenvalue weighted by atomic mass is 16.5. The SMILES string of the molecule is CCc1ccc(CNC(C(=O)OC)C(C)CC)cc1. The topological polar surface area (TPSA) is 38.3 Å². The van der Waals surface area contributed by atoms with Crippen LogP contribution in [0.1, 0.15) is 38.3 Å². The van der Waals surface area contributed by atoms with E-state index in [1.54, 1.807) is 0 Å². The van der Waals surface area contributed by atoms with Crippen LogP contribution in [0.2, 0.25) is 0 Å².